The summed E-state index contributed by atoms with van der Waals surface area (Å²) in [6.07, 6.45) is 4.40. The van der Waals surface area contributed by atoms with Crippen molar-refractivity contribution < 1.29 is 4.79 Å². The Morgan fingerprint density at radius 2 is 2.12 bits per heavy atom. The van der Waals surface area contributed by atoms with Crippen LogP contribution in [0, 0.1) is 11.8 Å². The summed E-state index contributed by atoms with van der Waals surface area (Å²) in [5, 5.41) is 1.98. The topological polar surface area (TPSA) is 43.1 Å². The Balaban J connectivity index is 1.97. The SMILES string of the molecule is CC1CCC(C(=O)C(N)c2cccs2)CC1. The lowest BCUT2D eigenvalue weighted by molar-refractivity contribution is -0.125. The lowest BCUT2D eigenvalue weighted by Gasteiger charge is -2.26. The monoisotopic (exact) mass is 237 g/mol. The molecule has 1 fully saturated rings. The lowest BCUT2D eigenvalue weighted by Crippen LogP contribution is -2.30. The summed E-state index contributed by atoms with van der Waals surface area (Å²) in [5.74, 6) is 1.23. The van der Waals surface area contributed by atoms with Crippen LogP contribution < -0.4 is 5.73 Å². The van der Waals surface area contributed by atoms with E-state index in [1.165, 1.54) is 12.8 Å². The maximum atomic E-state index is 12.2. The van der Waals surface area contributed by atoms with E-state index in [2.05, 4.69) is 6.92 Å². The van der Waals surface area contributed by atoms with E-state index in [0.29, 0.717) is 0 Å². The molecular weight excluding hydrogens is 218 g/mol. The van der Waals surface area contributed by atoms with Crippen molar-refractivity contribution in [3.8, 4) is 0 Å². The van der Waals surface area contributed by atoms with Gasteiger partial charge in [-0.3, -0.25) is 4.79 Å². The molecule has 0 spiro atoms. The van der Waals surface area contributed by atoms with Gasteiger partial charge in [-0.1, -0.05) is 25.8 Å². The van der Waals surface area contributed by atoms with E-state index in [9.17, 15) is 4.79 Å². The Bertz CT molecular complexity index is 339. The second-order valence-corrected chi connectivity index (χ2v) is 5.83. The van der Waals surface area contributed by atoms with Crippen molar-refractivity contribution in [3.63, 3.8) is 0 Å². The van der Waals surface area contributed by atoms with Crippen molar-refractivity contribution in [2.75, 3.05) is 0 Å². The third kappa shape index (κ3) is 2.53. The number of carbonyl (C=O) groups is 1. The van der Waals surface area contributed by atoms with Crippen molar-refractivity contribution in [1.82, 2.24) is 0 Å². The molecule has 0 bridgehead atoms. The van der Waals surface area contributed by atoms with Gasteiger partial charge in [-0.15, -0.1) is 11.3 Å². The van der Waals surface area contributed by atoms with Gasteiger partial charge < -0.3 is 5.73 Å². The molecule has 2 rings (SSSR count). The minimum absolute atomic E-state index is 0.202. The van der Waals surface area contributed by atoms with Crippen LogP contribution in [0.1, 0.15) is 43.5 Å². The Morgan fingerprint density at radius 3 is 2.69 bits per heavy atom. The molecule has 1 atom stereocenters. The van der Waals surface area contributed by atoms with Crippen molar-refractivity contribution in [2.24, 2.45) is 17.6 Å². The van der Waals surface area contributed by atoms with Gasteiger partial charge >= 0.3 is 0 Å². The van der Waals surface area contributed by atoms with Gasteiger partial charge in [-0.2, -0.15) is 0 Å². The van der Waals surface area contributed by atoms with E-state index in [1.807, 2.05) is 17.5 Å². The van der Waals surface area contributed by atoms with Crippen LogP contribution >= 0.6 is 11.3 Å². The first-order chi connectivity index (χ1) is 7.68. The minimum atomic E-state index is -0.390. The Morgan fingerprint density at radius 1 is 1.44 bits per heavy atom. The third-order valence-corrected chi connectivity index (χ3v) is 4.53. The van der Waals surface area contributed by atoms with Crippen LogP contribution in [-0.2, 0) is 4.79 Å². The molecule has 0 radical (unpaired) electrons. The normalized spacial score (nSPS) is 27.6. The number of hydrogen-bond acceptors (Lipinski definition) is 3. The summed E-state index contributed by atoms with van der Waals surface area (Å²) >= 11 is 1.58. The maximum absolute atomic E-state index is 12.2. The van der Waals surface area contributed by atoms with E-state index >= 15 is 0 Å². The number of thiophene rings is 1. The number of hydrogen-bond donors (Lipinski definition) is 1. The lowest BCUT2D eigenvalue weighted by atomic mass is 9.79. The van der Waals surface area contributed by atoms with Crippen LogP contribution in [0.5, 0.6) is 0 Å². The van der Waals surface area contributed by atoms with Gasteiger partial charge in [0.25, 0.3) is 0 Å². The molecule has 0 amide bonds. The molecule has 2 N–H and O–H groups in total. The predicted octanol–water partition coefficient (Wildman–Crippen LogP) is 3.14. The second-order valence-electron chi connectivity index (χ2n) is 4.85. The average Bonchev–Trinajstić information content (AvgIpc) is 2.81. The first kappa shape index (κ1) is 11.8. The highest BCUT2D eigenvalue weighted by atomic mass is 32.1. The molecule has 3 heteroatoms. The molecule has 1 saturated carbocycles. The fraction of sp³-hybridized carbons (Fsp3) is 0.615. The Hall–Kier alpha value is -0.670. The fourth-order valence-electron chi connectivity index (χ4n) is 2.41. The first-order valence-corrected chi connectivity index (χ1v) is 6.89. The summed E-state index contributed by atoms with van der Waals surface area (Å²) in [6, 6.07) is 3.52. The molecule has 1 aliphatic rings. The Labute approximate surface area is 101 Å². The molecule has 88 valence electrons. The molecule has 1 aromatic heterocycles. The van der Waals surface area contributed by atoms with Crippen molar-refractivity contribution in [3.05, 3.63) is 22.4 Å². The van der Waals surface area contributed by atoms with Gasteiger partial charge in [0.15, 0.2) is 5.78 Å². The van der Waals surface area contributed by atoms with Gasteiger partial charge in [0.2, 0.25) is 0 Å². The zero-order valence-corrected chi connectivity index (χ0v) is 10.5. The van der Waals surface area contributed by atoms with Crippen LogP contribution in [0.15, 0.2) is 17.5 Å². The summed E-state index contributed by atoms with van der Waals surface area (Å²) in [4.78, 5) is 13.2. The summed E-state index contributed by atoms with van der Waals surface area (Å²) < 4.78 is 0. The van der Waals surface area contributed by atoms with Gasteiger partial charge in [-0.25, -0.2) is 0 Å². The summed E-state index contributed by atoms with van der Waals surface area (Å²) in [7, 11) is 0. The molecule has 1 aromatic rings. The number of Topliss-reactive ketones (excluding diaryl/α,β-unsaturated/α-hetero) is 1. The molecule has 1 unspecified atom stereocenters. The maximum Gasteiger partial charge on any atom is 0.157 e. The zero-order chi connectivity index (χ0) is 11.5. The number of nitrogens with two attached hydrogens (primary N) is 1. The largest absolute Gasteiger partial charge is 0.317 e. The summed E-state index contributed by atoms with van der Waals surface area (Å²) in [6.45, 7) is 2.26. The van der Waals surface area contributed by atoms with Crippen molar-refractivity contribution >= 4 is 17.1 Å². The van der Waals surface area contributed by atoms with Crippen molar-refractivity contribution in [2.45, 2.75) is 38.6 Å². The molecule has 0 saturated heterocycles. The Kier molecular flexibility index (Phi) is 3.77. The van der Waals surface area contributed by atoms with E-state index in [1.54, 1.807) is 11.3 Å². The zero-order valence-electron chi connectivity index (χ0n) is 9.69. The van der Waals surface area contributed by atoms with Crippen LogP contribution in [0.4, 0.5) is 0 Å². The van der Waals surface area contributed by atoms with Gasteiger partial charge in [-0.05, 0) is 30.2 Å². The van der Waals surface area contributed by atoms with E-state index in [4.69, 9.17) is 5.73 Å². The van der Waals surface area contributed by atoms with Crippen LogP contribution in [0.25, 0.3) is 0 Å². The van der Waals surface area contributed by atoms with Crippen LogP contribution in [0.3, 0.4) is 0 Å². The van der Waals surface area contributed by atoms with Crippen LogP contribution in [0.2, 0.25) is 0 Å². The quantitative estimate of drug-likeness (QED) is 0.877. The van der Waals surface area contributed by atoms with E-state index < -0.39 is 6.04 Å². The molecule has 1 heterocycles. The first-order valence-electron chi connectivity index (χ1n) is 6.01. The van der Waals surface area contributed by atoms with Gasteiger partial charge in [0, 0.05) is 10.8 Å². The van der Waals surface area contributed by atoms with E-state index in [-0.39, 0.29) is 11.7 Å². The number of carbonyl (C=O) groups excluding carboxylic acids is 1. The third-order valence-electron chi connectivity index (χ3n) is 3.57. The van der Waals surface area contributed by atoms with Gasteiger partial charge in [0.05, 0.1) is 6.04 Å². The highest BCUT2D eigenvalue weighted by Crippen LogP contribution is 2.32. The smallest absolute Gasteiger partial charge is 0.157 e. The van der Waals surface area contributed by atoms with E-state index in [0.717, 1.165) is 23.6 Å². The molecule has 16 heavy (non-hydrogen) atoms. The number of rotatable bonds is 3. The molecular formula is C13H19NOS. The standard InChI is InChI=1S/C13H19NOS/c1-9-4-6-10(7-5-9)13(15)12(14)11-3-2-8-16-11/h2-3,8-10,12H,4-7,14H2,1H3. The number of ketones is 1. The average molecular weight is 237 g/mol. The molecule has 0 aliphatic heterocycles. The van der Waals surface area contributed by atoms with Crippen molar-refractivity contribution in [1.29, 1.82) is 0 Å². The predicted molar refractivity (Wildman–Crippen MR) is 67.4 cm³/mol. The minimum Gasteiger partial charge on any atom is -0.317 e. The second kappa shape index (κ2) is 5.11. The summed E-state index contributed by atoms with van der Waals surface area (Å²) in [5.41, 5.74) is 6.01. The molecule has 0 aromatic carbocycles. The molecule has 1 aliphatic carbocycles. The van der Waals surface area contributed by atoms with Crippen LogP contribution in [-0.4, -0.2) is 5.78 Å². The highest BCUT2D eigenvalue weighted by Gasteiger charge is 2.28. The fourth-order valence-corrected chi connectivity index (χ4v) is 3.14. The molecule has 2 nitrogen and oxygen atoms in total. The van der Waals surface area contributed by atoms with Gasteiger partial charge in [0.1, 0.15) is 0 Å². The highest BCUT2D eigenvalue weighted by molar-refractivity contribution is 7.10.